The van der Waals surface area contributed by atoms with Crippen LogP contribution in [-0.2, 0) is 9.53 Å². The van der Waals surface area contributed by atoms with Crippen LogP contribution in [0.3, 0.4) is 0 Å². The molecule has 0 aliphatic heterocycles. The first-order valence-electron chi connectivity index (χ1n) is 6.12. The molecular weight excluding hydrogens is 248 g/mol. The van der Waals surface area contributed by atoms with E-state index in [9.17, 15) is 4.79 Å². The van der Waals surface area contributed by atoms with Crippen molar-refractivity contribution < 1.29 is 9.53 Å². The lowest BCUT2D eigenvalue weighted by Gasteiger charge is -2.21. The van der Waals surface area contributed by atoms with Crippen LogP contribution < -0.4 is 5.73 Å². The van der Waals surface area contributed by atoms with Crippen molar-refractivity contribution in [3.63, 3.8) is 0 Å². The van der Waals surface area contributed by atoms with Gasteiger partial charge in [0.2, 0.25) is 0 Å². The van der Waals surface area contributed by atoms with Crippen LogP contribution in [0.4, 0.5) is 0 Å². The van der Waals surface area contributed by atoms with Gasteiger partial charge in [-0.15, -0.1) is 11.8 Å². The monoisotopic (exact) mass is 268 g/mol. The first-order chi connectivity index (χ1) is 8.69. The second-order valence-electron chi connectivity index (χ2n) is 3.86. The smallest absolute Gasteiger partial charge is 0.315 e. The van der Waals surface area contributed by atoms with Crippen LogP contribution >= 0.6 is 11.8 Å². The summed E-state index contributed by atoms with van der Waals surface area (Å²) in [6, 6.07) is 5.73. The Morgan fingerprint density at radius 1 is 1.50 bits per heavy atom. The molecule has 0 aromatic carbocycles. The maximum atomic E-state index is 11.4. The van der Waals surface area contributed by atoms with Crippen molar-refractivity contribution >= 4 is 17.7 Å². The van der Waals surface area contributed by atoms with E-state index in [-0.39, 0.29) is 17.3 Å². The summed E-state index contributed by atoms with van der Waals surface area (Å²) < 4.78 is 4.92. The van der Waals surface area contributed by atoms with Gasteiger partial charge in [0, 0.05) is 12.2 Å². The number of hydrogen-bond donors (Lipinski definition) is 1. The molecule has 0 saturated carbocycles. The van der Waals surface area contributed by atoms with Crippen LogP contribution in [0.2, 0.25) is 0 Å². The maximum absolute atomic E-state index is 11.4. The fourth-order valence-electron chi connectivity index (χ4n) is 1.55. The highest BCUT2D eigenvalue weighted by Gasteiger charge is 2.21. The molecule has 5 heteroatoms. The van der Waals surface area contributed by atoms with E-state index < -0.39 is 0 Å². The van der Waals surface area contributed by atoms with Gasteiger partial charge in [0.15, 0.2) is 0 Å². The van der Waals surface area contributed by atoms with Crippen LogP contribution in [-0.4, -0.2) is 29.4 Å². The Morgan fingerprint density at radius 3 is 2.83 bits per heavy atom. The number of ether oxygens (including phenoxy) is 1. The Bertz CT molecular complexity index is 359. The van der Waals surface area contributed by atoms with Gasteiger partial charge in [0.1, 0.15) is 0 Å². The highest BCUT2D eigenvalue weighted by Crippen LogP contribution is 2.31. The van der Waals surface area contributed by atoms with Crippen LogP contribution in [0.1, 0.15) is 31.2 Å². The maximum Gasteiger partial charge on any atom is 0.315 e. The fourth-order valence-corrected chi connectivity index (χ4v) is 2.70. The highest BCUT2D eigenvalue weighted by molar-refractivity contribution is 8.00. The Morgan fingerprint density at radius 2 is 2.28 bits per heavy atom. The van der Waals surface area contributed by atoms with E-state index in [0.29, 0.717) is 12.4 Å². The van der Waals surface area contributed by atoms with Gasteiger partial charge >= 0.3 is 5.97 Å². The molecule has 1 aromatic heterocycles. The number of esters is 1. The third-order valence-electron chi connectivity index (χ3n) is 2.53. The van der Waals surface area contributed by atoms with E-state index in [4.69, 9.17) is 10.5 Å². The molecule has 100 valence electrons. The van der Waals surface area contributed by atoms with Gasteiger partial charge in [-0.05, 0) is 25.5 Å². The average molecular weight is 268 g/mol. The molecule has 0 radical (unpaired) electrons. The van der Waals surface area contributed by atoms with Crippen LogP contribution in [0.25, 0.3) is 0 Å². The van der Waals surface area contributed by atoms with Crippen molar-refractivity contribution in [1.29, 1.82) is 0 Å². The standard InChI is InChI=1S/C13H20N2O2S/c1-3-10(14)13(11-7-5-6-8-15-11)18-9-12(16)17-4-2/h5-8,10,13H,3-4,9,14H2,1-2H3. The summed E-state index contributed by atoms with van der Waals surface area (Å²) in [5, 5.41) is 0.0283. The molecule has 0 aliphatic carbocycles. The van der Waals surface area contributed by atoms with Gasteiger partial charge in [-0.25, -0.2) is 0 Å². The van der Waals surface area contributed by atoms with Crippen molar-refractivity contribution in [2.24, 2.45) is 5.73 Å². The van der Waals surface area contributed by atoms with E-state index in [1.807, 2.05) is 25.1 Å². The quantitative estimate of drug-likeness (QED) is 0.768. The molecule has 0 spiro atoms. The minimum Gasteiger partial charge on any atom is -0.465 e. The summed E-state index contributed by atoms with van der Waals surface area (Å²) in [5.74, 6) is 0.106. The van der Waals surface area contributed by atoms with E-state index in [2.05, 4.69) is 4.98 Å². The van der Waals surface area contributed by atoms with E-state index in [0.717, 1.165) is 12.1 Å². The number of hydrogen-bond acceptors (Lipinski definition) is 5. The predicted octanol–water partition coefficient (Wildman–Crippen LogP) is 2.16. The minimum atomic E-state index is -0.202. The third-order valence-corrected chi connectivity index (χ3v) is 3.88. The number of nitrogens with zero attached hydrogens (tertiary/aromatic N) is 1. The summed E-state index contributed by atoms with van der Waals surface area (Å²) in [4.78, 5) is 15.7. The topological polar surface area (TPSA) is 65.2 Å². The molecule has 0 aliphatic rings. The number of carbonyl (C=O) groups excluding carboxylic acids is 1. The Kier molecular flexibility index (Phi) is 6.75. The highest BCUT2D eigenvalue weighted by atomic mass is 32.2. The second kappa shape index (κ2) is 8.11. The zero-order valence-corrected chi connectivity index (χ0v) is 11.7. The van der Waals surface area contributed by atoms with Crippen LogP contribution in [0.5, 0.6) is 0 Å². The largest absolute Gasteiger partial charge is 0.465 e. The van der Waals surface area contributed by atoms with Gasteiger partial charge in [-0.2, -0.15) is 0 Å². The summed E-state index contributed by atoms with van der Waals surface area (Å²) in [6.07, 6.45) is 2.59. The molecule has 1 heterocycles. The molecule has 0 bridgehead atoms. The van der Waals surface area contributed by atoms with E-state index >= 15 is 0 Å². The predicted molar refractivity (Wildman–Crippen MR) is 74.3 cm³/mol. The Hall–Kier alpha value is -1.07. The molecule has 2 unspecified atom stereocenters. The average Bonchev–Trinajstić information content (AvgIpc) is 2.40. The van der Waals surface area contributed by atoms with Crippen molar-refractivity contribution in [2.75, 3.05) is 12.4 Å². The summed E-state index contributed by atoms with van der Waals surface area (Å²) >= 11 is 1.49. The molecule has 0 fully saturated rings. The number of carbonyl (C=O) groups is 1. The zero-order chi connectivity index (χ0) is 13.4. The first-order valence-corrected chi connectivity index (χ1v) is 7.17. The zero-order valence-electron chi connectivity index (χ0n) is 10.8. The lowest BCUT2D eigenvalue weighted by molar-refractivity contribution is -0.139. The van der Waals surface area contributed by atoms with Gasteiger partial charge < -0.3 is 10.5 Å². The Labute approximate surface area is 112 Å². The molecule has 4 nitrogen and oxygen atoms in total. The number of thioether (sulfide) groups is 1. The lowest BCUT2D eigenvalue weighted by atomic mass is 10.1. The van der Waals surface area contributed by atoms with Gasteiger partial charge in [-0.3, -0.25) is 9.78 Å². The molecule has 2 atom stereocenters. The number of aromatic nitrogens is 1. The molecule has 2 N–H and O–H groups in total. The van der Waals surface area contributed by atoms with E-state index in [1.165, 1.54) is 11.8 Å². The Balaban J connectivity index is 2.65. The van der Waals surface area contributed by atoms with Crippen molar-refractivity contribution in [3.8, 4) is 0 Å². The van der Waals surface area contributed by atoms with Crippen LogP contribution in [0, 0.1) is 0 Å². The van der Waals surface area contributed by atoms with Crippen molar-refractivity contribution in [2.45, 2.75) is 31.6 Å². The minimum absolute atomic E-state index is 0.0145. The van der Waals surface area contributed by atoms with Crippen LogP contribution in [0.15, 0.2) is 24.4 Å². The van der Waals surface area contributed by atoms with Gasteiger partial charge in [0.25, 0.3) is 0 Å². The summed E-state index contributed by atoms with van der Waals surface area (Å²) in [6.45, 7) is 4.25. The van der Waals surface area contributed by atoms with Crippen molar-refractivity contribution in [3.05, 3.63) is 30.1 Å². The lowest BCUT2D eigenvalue weighted by Crippen LogP contribution is -2.27. The fraction of sp³-hybridized carbons (Fsp3) is 0.538. The molecule has 1 rings (SSSR count). The normalized spacial score (nSPS) is 13.9. The molecule has 0 amide bonds. The molecule has 0 saturated heterocycles. The number of rotatable bonds is 7. The van der Waals surface area contributed by atoms with Gasteiger partial charge in [-0.1, -0.05) is 13.0 Å². The van der Waals surface area contributed by atoms with Crippen molar-refractivity contribution in [1.82, 2.24) is 4.98 Å². The van der Waals surface area contributed by atoms with Gasteiger partial charge in [0.05, 0.1) is 23.3 Å². The molecule has 18 heavy (non-hydrogen) atoms. The summed E-state index contributed by atoms with van der Waals surface area (Å²) in [5.41, 5.74) is 7.01. The SMILES string of the molecule is CCOC(=O)CSC(c1ccccn1)C(N)CC. The second-order valence-corrected chi connectivity index (χ2v) is 4.99. The third kappa shape index (κ3) is 4.66. The summed E-state index contributed by atoms with van der Waals surface area (Å²) in [7, 11) is 0. The molecule has 1 aromatic rings. The number of pyridine rings is 1. The first kappa shape index (κ1) is 15.0. The van der Waals surface area contributed by atoms with E-state index in [1.54, 1.807) is 13.1 Å². The number of nitrogens with two attached hydrogens (primary N) is 1. The molecular formula is C13H20N2O2S.